The first-order chi connectivity index (χ1) is 7.65. The summed E-state index contributed by atoms with van der Waals surface area (Å²) in [5.41, 5.74) is 7.66. The fraction of sp³-hybridized carbons (Fsp3) is 0.200. The zero-order valence-corrected chi connectivity index (χ0v) is 8.88. The highest BCUT2D eigenvalue weighted by atomic mass is 16.5. The van der Waals surface area contributed by atoms with Gasteiger partial charge in [0.2, 0.25) is 0 Å². The summed E-state index contributed by atoms with van der Waals surface area (Å²) in [6.07, 6.45) is 2.65. The molecule has 5 N–H and O–H groups in total. The van der Waals surface area contributed by atoms with Crippen LogP contribution in [-0.2, 0) is 0 Å². The van der Waals surface area contributed by atoms with Gasteiger partial charge in [-0.25, -0.2) is 10.1 Å². The summed E-state index contributed by atoms with van der Waals surface area (Å²) in [5.74, 6) is 0. The lowest BCUT2D eigenvalue weighted by Gasteiger charge is -2.29. The molecule has 0 fully saturated rings. The van der Waals surface area contributed by atoms with Crippen LogP contribution in [0.5, 0.6) is 0 Å². The molecule has 0 aliphatic carbocycles. The van der Waals surface area contributed by atoms with Gasteiger partial charge in [-0.2, -0.15) is 0 Å². The number of nitrogens with zero attached hydrogens (tertiary/aromatic N) is 2. The van der Waals surface area contributed by atoms with Crippen molar-refractivity contribution in [1.29, 1.82) is 0 Å². The summed E-state index contributed by atoms with van der Waals surface area (Å²) < 4.78 is 0. The standard InChI is InChI=1S/C10H14N4O2/c1-2-12-8-4-3-7(11)9-10(8)14(16)6-5-13(9)15/h3-6,12,15-16H,2,11H2,1H3. The lowest BCUT2D eigenvalue weighted by molar-refractivity contribution is 0.267. The second-order valence-corrected chi connectivity index (χ2v) is 3.42. The maximum absolute atomic E-state index is 9.72. The van der Waals surface area contributed by atoms with Gasteiger partial charge in [-0.15, -0.1) is 0 Å². The second kappa shape index (κ2) is 3.92. The quantitative estimate of drug-likeness (QED) is 0.568. The largest absolute Gasteiger partial charge is 0.397 e. The Morgan fingerprint density at radius 2 is 1.81 bits per heavy atom. The second-order valence-electron chi connectivity index (χ2n) is 3.42. The molecule has 1 aromatic rings. The van der Waals surface area contributed by atoms with E-state index in [2.05, 4.69) is 5.32 Å². The van der Waals surface area contributed by atoms with E-state index in [9.17, 15) is 10.4 Å². The molecule has 2 rings (SSSR count). The molecule has 6 nitrogen and oxygen atoms in total. The molecular weight excluding hydrogens is 208 g/mol. The van der Waals surface area contributed by atoms with Crippen molar-refractivity contribution in [3.63, 3.8) is 0 Å². The van der Waals surface area contributed by atoms with Gasteiger partial charge in [-0.05, 0) is 19.1 Å². The maximum Gasteiger partial charge on any atom is 0.120 e. The summed E-state index contributed by atoms with van der Waals surface area (Å²) in [6, 6.07) is 3.43. The van der Waals surface area contributed by atoms with Gasteiger partial charge in [0, 0.05) is 6.54 Å². The van der Waals surface area contributed by atoms with Gasteiger partial charge in [0.15, 0.2) is 0 Å². The summed E-state index contributed by atoms with van der Waals surface area (Å²) in [7, 11) is 0. The molecule has 0 aromatic heterocycles. The van der Waals surface area contributed by atoms with Crippen molar-refractivity contribution in [2.45, 2.75) is 6.92 Å². The Balaban J connectivity index is 2.59. The molecule has 0 spiro atoms. The van der Waals surface area contributed by atoms with E-state index in [4.69, 9.17) is 5.73 Å². The SMILES string of the molecule is CCNc1ccc(N)c2c1N(O)C=CN2O. The van der Waals surface area contributed by atoms with Gasteiger partial charge < -0.3 is 11.1 Å². The molecule has 1 aliphatic rings. The third kappa shape index (κ3) is 1.54. The topological polar surface area (TPSA) is 85.0 Å². The first-order valence-electron chi connectivity index (χ1n) is 4.96. The average Bonchev–Trinajstić information content (AvgIpc) is 2.26. The molecule has 1 heterocycles. The minimum atomic E-state index is 0.364. The van der Waals surface area contributed by atoms with Crippen LogP contribution in [-0.4, -0.2) is 17.0 Å². The number of hydrogen-bond acceptors (Lipinski definition) is 6. The fourth-order valence-electron chi connectivity index (χ4n) is 1.68. The highest BCUT2D eigenvalue weighted by Crippen LogP contribution is 2.42. The lowest BCUT2D eigenvalue weighted by atomic mass is 10.1. The van der Waals surface area contributed by atoms with E-state index in [-0.39, 0.29) is 0 Å². The molecule has 86 valence electrons. The van der Waals surface area contributed by atoms with Gasteiger partial charge in [-0.1, -0.05) is 0 Å². The molecule has 0 atom stereocenters. The lowest BCUT2D eigenvalue weighted by Crippen LogP contribution is -2.25. The predicted octanol–water partition coefficient (Wildman–Crippen LogP) is 1.58. The number of rotatable bonds is 2. The van der Waals surface area contributed by atoms with E-state index in [1.54, 1.807) is 12.1 Å². The number of nitrogens with two attached hydrogens (primary N) is 1. The average molecular weight is 222 g/mol. The van der Waals surface area contributed by atoms with Crippen molar-refractivity contribution < 1.29 is 10.4 Å². The highest BCUT2D eigenvalue weighted by Gasteiger charge is 2.22. The van der Waals surface area contributed by atoms with Gasteiger partial charge in [0.25, 0.3) is 0 Å². The zero-order valence-electron chi connectivity index (χ0n) is 8.88. The molecular formula is C10H14N4O2. The molecule has 0 bridgehead atoms. The number of fused-ring (bicyclic) bond motifs is 1. The molecule has 16 heavy (non-hydrogen) atoms. The first-order valence-corrected chi connectivity index (χ1v) is 4.96. The minimum absolute atomic E-state index is 0.364. The number of anilines is 4. The van der Waals surface area contributed by atoms with Gasteiger partial charge in [-0.3, -0.25) is 10.4 Å². The van der Waals surface area contributed by atoms with Gasteiger partial charge in [0.05, 0.1) is 23.8 Å². The van der Waals surface area contributed by atoms with Gasteiger partial charge in [0.1, 0.15) is 11.4 Å². The molecule has 0 saturated heterocycles. The third-order valence-corrected chi connectivity index (χ3v) is 2.36. The summed E-state index contributed by atoms with van der Waals surface area (Å²) in [4.78, 5) is 0. The van der Waals surface area contributed by atoms with Crippen LogP contribution in [0.3, 0.4) is 0 Å². The van der Waals surface area contributed by atoms with Crippen LogP contribution < -0.4 is 21.2 Å². The molecule has 6 heteroatoms. The molecule has 0 radical (unpaired) electrons. The fourth-order valence-corrected chi connectivity index (χ4v) is 1.68. The third-order valence-electron chi connectivity index (χ3n) is 2.36. The zero-order chi connectivity index (χ0) is 11.7. The predicted molar refractivity (Wildman–Crippen MR) is 62.7 cm³/mol. The Bertz CT molecular complexity index is 433. The highest BCUT2D eigenvalue weighted by molar-refractivity contribution is 5.92. The van der Waals surface area contributed by atoms with Crippen molar-refractivity contribution in [2.75, 3.05) is 27.7 Å². The van der Waals surface area contributed by atoms with Crippen LogP contribution in [0.1, 0.15) is 6.92 Å². The molecule has 0 unspecified atom stereocenters. The number of nitrogen functional groups attached to an aromatic ring is 1. The molecule has 1 aliphatic heterocycles. The van der Waals surface area contributed by atoms with E-state index in [0.29, 0.717) is 29.3 Å². The smallest absolute Gasteiger partial charge is 0.120 e. The Morgan fingerprint density at radius 3 is 2.44 bits per heavy atom. The molecule has 1 aromatic carbocycles. The number of nitrogens with one attached hydrogen (secondary N) is 1. The van der Waals surface area contributed by atoms with E-state index in [1.807, 2.05) is 6.92 Å². The number of benzene rings is 1. The van der Waals surface area contributed by atoms with Crippen LogP contribution >= 0.6 is 0 Å². The van der Waals surface area contributed by atoms with Crippen molar-refractivity contribution >= 4 is 22.7 Å². The van der Waals surface area contributed by atoms with Crippen LogP contribution in [0.2, 0.25) is 0 Å². The Hall–Kier alpha value is -1.92. The van der Waals surface area contributed by atoms with E-state index < -0.39 is 0 Å². The van der Waals surface area contributed by atoms with Crippen molar-refractivity contribution in [1.82, 2.24) is 0 Å². The van der Waals surface area contributed by atoms with Crippen LogP contribution in [0.4, 0.5) is 22.7 Å². The van der Waals surface area contributed by atoms with Crippen molar-refractivity contribution in [3.8, 4) is 0 Å². The van der Waals surface area contributed by atoms with Crippen LogP contribution in [0.25, 0.3) is 0 Å². The molecule has 0 saturated carbocycles. The van der Waals surface area contributed by atoms with E-state index >= 15 is 0 Å². The first kappa shape index (κ1) is 10.6. The van der Waals surface area contributed by atoms with Gasteiger partial charge >= 0.3 is 0 Å². The van der Waals surface area contributed by atoms with E-state index in [0.717, 1.165) is 10.1 Å². The maximum atomic E-state index is 9.72. The normalized spacial score (nSPS) is 13.9. The molecule has 0 amide bonds. The van der Waals surface area contributed by atoms with E-state index in [1.165, 1.54) is 12.4 Å². The Kier molecular flexibility index (Phi) is 2.59. The minimum Gasteiger partial charge on any atom is -0.397 e. The van der Waals surface area contributed by atoms with Crippen LogP contribution in [0, 0.1) is 0 Å². The number of hydrogen-bond donors (Lipinski definition) is 4. The number of hydroxylamine groups is 2. The Labute approximate surface area is 93.1 Å². The monoisotopic (exact) mass is 222 g/mol. The summed E-state index contributed by atoms with van der Waals surface area (Å²) in [6.45, 7) is 2.65. The Morgan fingerprint density at radius 1 is 1.19 bits per heavy atom. The summed E-state index contributed by atoms with van der Waals surface area (Å²) >= 11 is 0. The summed E-state index contributed by atoms with van der Waals surface area (Å²) in [5, 5.41) is 24.3. The van der Waals surface area contributed by atoms with Crippen molar-refractivity contribution in [3.05, 3.63) is 24.5 Å². The van der Waals surface area contributed by atoms with Crippen molar-refractivity contribution in [2.24, 2.45) is 0 Å². The van der Waals surface area contributed by atoms with Crippen LogP contribution in [0.15, 0.2) is 24.5 Å².